The second-order valence-corrected chi connectivity index (χ2v) is 5.22. The summed E-state index contributed by atoms with van der Waals surface area (Å²) in [6.07, 6.45) is 4.88. The van der Waals surface area contributed by atoms with Crippen LogP contribution < -0.4 is 5.32 Å². The van der Waals surface area contributed by atoms with Crippen LogP contribution >= 0.6 is 11.3 Å². The van der Waals surface area contributed by atoms with Crippen molar-refractivity contribution in [2.24, 2.45) is 0 Å². The van der Waals surface area contributed by atoms with Crippen molar-refractivity contribution in [2.45, 2.75) is 13.5 Å². The maximum atomic E-state index is 12.0. The first kappa shape index (κ1) is 14.3. The predicted molar refractivity (Wildman–Crippen MR) is 82.7 cm³/mol. The lowest BCUT2D eigenvalue weighted by molar-refractivity contribution is 0.0522. The Balaban J connectivity index is 1.88. The number of aromatic nitrogens is 4. The van der Waals surface area contributed by atoms with Crippen LogP contribution in [-0.4, -0.2) is 32.5 Å². The van der Waals surface area contributed by atoms with Gasteiger partial charge in [0.25, 0.3) is 0 Å². The molecule has 3 aromatic rings. The van der Waals surface area contributed by atoms with E-state index in [0.29, 0.717) is 24.6 Å². The first-order valence-corrected chi connectivity index (χ1v) is 7.57. The average Bonchev–Trinajstić information content (AvgIpc) is 3.01. The lowest BCUT2D eigenvalue weighted by Gasteiger charge is -2.07. The maximum Gasteiger partial charge on any atom is 0.358 e. The Bertz CT molecular complexity index is 790. The highest BCUT2D eigenvalue weighted by molar-refractivity contribution is 7.17. The molecule has 3 aromatic heterocycles. The molecule has 0 bridgehead atoms. The van der Waals surface area contributed by atoms with E-state index in [1.54, 1.807) is 25.5 Å². The third kappa shape index (κ3) is 3.01. The molecule has 0 radical (unpaired) electrons. The van der Waals surface area contributed by atoms with Crippen LogP contribution in [0.4, 0.5) is 5.95 Å². The average molecular weight is 315 g/mol. The van der Waals surface area contributed by atoms with E-state index >= 15 is 0 Å². The summed E-state index contributed by atoms with van der Waals surface area (Å²) in [5.41, 5.74) is 1.75. The van der Waals surface area contributed by atoms with Crippen LogP contribution in [0.2, 0.25) is 0 Å². The number of hydrogen-bond acceptors (Lipinski definition) is 8. The van der Waals surface area contributed by atoms with Gasteiger partial charge >= 0.3 is 5.97 Å². The normalized spacial score (nSPS) is 10.6. The number of hydrogen-bond donors (Lipinski definition) is 1. The maximum absolute atomic E-state index is 12.0. The first-order chi connectivity index (χ1) is 10.8. The van der Waals surface area contributed by atoms with Crippen LogP contribution in [0.5, 0.6) is 0 Å². The van der Waals surface area contributed by atoms with Gasteiger partial charge in [-0.1, -0.05) is 0 Å². The highest BCUT2D eigenvalue weighted by Gasteiger charge is 2.17. The van der Waals surface area contributed by atoms with E-state index in [2.05, 4.69) is 25.3 Å². The van der Waals surface area contributed by atoms with Crippen molar-refractivity contribution in [1.82, 2.24) is 19.9 Å². The third-order valence-corrected chi connectivity index (χ3v) is 3.73. The van der Waals surface area contributed by atoms with Crippen molar-refractivity contribution in [3.63, 3.8) is 0 Å². The molecule has 0 atom stereocenters. The summed E-state index contributed by atoms with van der Waals surface area (Å²) in [5, 5.41) is 4.92. The fourth-order valence-corrected chi connectivity index (χ4v) is 2.68. The van der Waals surface area contributed by atoms with Gasteiger partial charge in [0.05, 0.1) is 35.3 Å². The van der Waals surface area contributed by atoms with Crippen molar-refractivity contribution < 1.29 is 9.53 Å². The number of esters is 1. The number of carbonyl (C=O) groups excluding carboxylic acids is 1. The van der Waals surface area contributed by atoms with Crippen LogP contribution in [0.15, 0.2) is 30.0 Å². The van der Waals surface area contributed by atoms with Gasteiger partial charge in [-0.3, -0.25) is 9.97 Å². The zero-order valence-electron chi connectivity index (χ0n) is 11.8. The highest BCUT2D eigenvalue weighted by Crippen LogP contribution is 2.24. The molecule has 8 heteroatoms. The molecule has 7 nitrogen and oxygen atoms in total. The number of carbonyl (C=O) groups is 1. The zero-order chi connectivity index (χ0) is 15.4. The first-order valence-electron chi connectivity index (χ1n) is 6.69. The summed E-state index contributed by atoms with van der Waals surface area (Å²) >= 11 is 1.42. The fourth-order valence-electron chi connectivity index (χ4n) is 1.87. The van der Waals surface area contributed by atoms with Crippen molar-refractivity contribution >= 4 is 33.5 Å². The van der Waals surface area contributed by atoms with E-state index < -0.39 is 5.97 Å². The molecular weight excluding hydrogens is 302 g/mol. The molecule has 0 fully saturated rings. The van der Waals surface area contributed by atoms with Gasteiger partial charge in [0, 0.05) is 12.4 Å². The molecule has 22 heavy (non-hydrogen) atoms. The Labute approximate surface area is 130 Å². The van der Waals surface area contributed by atoms with Crippen molar-refractivity contribution in [3.8, 4) is 0 Å². The Hall–Kier alpha value is -2.61. The summed E-state index contributed by atoms with van der Waals surface area (Å²) in [6.45, 7) is 2.49. The van der Waals surface area contributed by atoms with Crippen molar-refractivity contribution in [3.05, 3.63) is 41.4 Å². The summed E-state index contributed by atoms with van der Waals surface area (Å²) in [6, 6.07) is 1.85. The minimum absolute atomic E-state index is 0.281. The quantitative estimate of drug-likeness (QED) is 0.722. The summed E-state index contributed by atoms with van der Waals surface area (Å²) < 4.78 is 5.78. The molecule has 0 aliphatic carbocycles. The summed E-state index contributed by atoms with van der Waals surface area (Å²) in [7, 11) is 0. The van der Waals surface area contributed by atoms with Crippen LogP contribution in [0.1, 0.15) is 23.1 Å². The van der Waals surface area contributed by atoms with Crippen LogP contribution in [0.3, 0.4) is 0 Å². The van der Waals surface area contributed by atoms with Gasteiger partial charge in [0.15, 0.2) is 5.69 Å². The third-order valence-electron chi connectivity index (χ3n) is 2.82. The number of thiophene rings is 1. The van der Waals surface area contributed by atoms with E-state index in [0.717, 1.165) is 10.4 Å². The van der Waals surface area contributed by atoms with E-state index in [-0.39, 0.29) is 5.69 Å². The number of nitrogens with one attached hydrogen (secondary N) is 1. The number of fused-ring (bicyclic) bond motifs is 1. The molecule has 0 aliphatic heterocycles. The van der Waals surface area contributed by atoms with Gasteiger partial charge in [-0.25, -0.2) is 14.8 Å². The summed E-state index contributed by atoms with van der Waals surface area (Å²) in [4.78, 5) is 28.8. The highest BCUT2D eigenvalue weighted by atomic mass is 32.1. The largest absolute Gasteiger partial charge is 0.461 e. The van der Waals surface area contributed by atoms with Gasteiger partial charge in [-0.05, 0) is 18.4 Å². The molecule has 3 rings (SSSR count). The van der Waals surface area contributed by atoms with E-state index in [4.69, 9.17) is 4.74 Å². The second-order valence-electron chi connectivity index (χ2n) is 4.30. The minimum Gasteiger partial charge on any atom is -0.461 e. The number of ether oxygens (including phenoxy) is 1. The summed E-state index contributed by atoms with van der Waals surface area (Å²) in [5.74, 6) is -0.0838. The topological polar surface area (TPSA) is 89.9 Å². The monoisotopic (exact) mass is 315 g/mol. The van der Waals surface area contributed by atoms with Gasteiger partial charge in [0.2, 0.25) is 5.95 Å². The van der Waals surface area contributed by atoms with E-state index in [1.807, 2.05) is 11.4 Å². The number of anilines is 1. The molecule has 3 heterocycles. The second kappa shape index (κ2) is 6.44. The van der Waals surface area contributed by atoms with E-state index in [1.165, 1.54) is 11.3 Å². The van der Waals surface area contributed by atoms with Gasteiger partial charge in [-0.2, -0.15) is 0 Å². The van der Waals surface area contributed by atoms with Crippen molar-refractivity contribution in [1.29, 1.82) is 0 Å². The molecule has 0 aliphatic rings. The van der Waals surface area contributed by atoms with Crippen LogP contribution in [0, 0.1) is 0 Å². The Morgan fingerprint density at radius 1 is 1.36 bits per heavy atom. The Morgan fingerprint density at radius 2 is 2.27 bits per heavy atom. The molecule has 0 saturated carbocycles. The standard InChI is InChI=1S/C14H13N5O2S/c1-2-21-13(20)11-12-10(3-6-22-12)18-14(19-11)17-8-9-7-15-4-5-16-9/h3-7H,2,8H2,1H3,(H,17,18,19). The molecule has 0 unspecified atom stereocenters. The Kier molecular flexibility index (Phi) is 4.19. The SMILES string of the molecule is CCOC(=O)c1nc(NCc2cnccn2)nc2ccsc12. The molecule has 0 amide bonds. The molecule has 112 valence electrons. The smallest absolute Gasteiger partial charge is 0.358 e. The lowest BCUT2D eigenvalue weighted by atomic mass is 10.3. The molecule has 0 saturated heterocycles. The van der Waals surface area contributed by atoms with E-state index in [9.17, 15) is 4.79 Å². The van der Waals surface area contributed by atoms with Crippen LogP contribution in [0.25, 0.3) is 10.2 Å². The molecule has 0 spiro atoms. The number of nitrogens with zero attached hydrogens (tertiary/aromatic N) is 4. The Morgan fingerprint density at radius 3 is 3.05 bits per heavy atom. The van der Waals surface area contributed by atoms with Gasteiger partial charge < -0.3 is 10.1 Å². The predicted octanol–water partition coefficient (Wildman–Crippen LogP) is 2.27. The van der Waals surface area contributed by atoms with Gasteiger partial charge in [0.1, 0.15) is 0 Å². The molecular formula is C14H13N5O2S. The van der Waals surface area contributed by atoms with Crippen molar-refractivity contribution in [2.75, 3.05) is 11.9 Å². The minimum atomic E-state index is -0.445. The molecule has 0 aromatic carbocycles. The number of rotatable bonds is 5. The fraction of sp³-hybridized carbons (Fsp3) is 0.214. The lowest BCUT2D eigenvalue weighted by Crippen LogP contribution is -2.11. The van der Waals surface area contributed by atoms with Gasteiger partial charge in [-0.15, -0.1) is 11.3 Å². The zero-order valence-corrected chi connectivity index (χ0v) is 12.6. The van der Waals surface area contributed by atoms with Crippen LogP contribution in [-0.2, 0) is 11.3 Å². The molecule has 1 N–H and O–H groups in total.